The number of hydrogen-bond acceptors (Lipinski definition) is 3. The van der Waals surface area contributed by atoms with E-state index in [0.29, 0.717) is 11.6 Å². The molecule has 0 aliphatic rings. The van der Waals surface area contributed by atoms with Gasteiger partial charge in [0.25, 0.3) is 0 Å². The minimum atomic E-state index is -0.479. The number of rotatable bonds is 3. The summed E-state index contributed by atoms with van der Waals surface area (Å²) in [5, 5.41) is 14.9. The minimum absolute atomic E-state index is 0.479. The molecule has 0 fully saturated rings. The lowest BCUT2D eigenvalue weighted by atomic mass is 10.3. The molecule has 11 heavy (non-hydrogen) atoms. The maximum Gasteiger partial charge on any atom is 0.102 e. The Kier molecular flexibility index (Phi) is 3.33. The molecule has 62 valence electrons. The highest BCUT2D eigenvalue weighted by atomic mass is 35.5. The zero-order valence-electron chi connectivity index (χ0n) is 6.17. The molecule has 1 aromatic heterocycles. The van der Waals surface area contributed by atoms with E-state index in [1.165, 1.54) is 11.3 Å². The van der Waals surface area contributed by atoms with E-state index in [-0.39, 0.29) is 0 Å². The van der Waals surface area contributed by atoms with E-state index in [2.05, 4.69) is 5.32 Å². The van der Waals surface area contributed by atoms with Crippen LogP contribution < -0.4 is 5.32 Å². The van der Waals surface area contributed by atoms with Crippen LogP contribution in [0, 0.1) is 0 Å². The first-order valence-corrected chi connectivity index (χ1v) is 4.57. The predicted molar refractivity (Wildman–Crippen MR) is 48.2 cm³/mol. The molecule has 0 saturated carbocycles. The van der Waals surface area contributed by atoms with Gasteiger partial charge in [0.05, 0.1) is 9.90 Å². The molecule has 4 heteroatoms. The van der Waals surface area contributed by atoms with Gasteiger partial charge in [0.2, 0.25) is 0 Å². The van der Waals surface area contributed by atoms with Gasteiger partial charge in [-0.1, -0.05) is 11.6 Å². The van der Waals surface area contributed by atoms with E-state index in [0.717, 1.165) is 4.88 Å². The van der Waals surface area contributed by atoms with Crippen molar-refractivity contribution in [2.75, 3.05) is 13.6 Å². The van der Waals surface area contributed by atoms with Crippen LogP contribution in [-0.4, -0.2) is 18.7 Å². The molecule has 1 aromatic rings. The molecule has 0 spiro atoms. The molecule has 1 unspecified atom stereocenters. The zero-order chi connectivity index (χ0) is 8.27. The molecular formula is C7H10ClNOS. The van der Waals surface area contributed by atoms with Gasteiger partial charge in [0, 0.05) is 6.54 Å². The number of halogens is 1. The first-order chi connectivity index (χ1) is 5.25. The Balaban J connectivity index is 2.67. The lowest BCUT2D eigenvalue weighted by Gasteiger charge is -2.07. The number of hydrogen-bond donors (Lipinski definition) is 2. The van der Waals surface area contributed by atoms with Gasteiger partial charge in [0.1, 0.15) is 6.10 Å². The molecule has 0 bridgehead atoms. The summed E-state index contributed by atoms with van der Waals surface area (Å²) in [5.41, 5.74) is 0. The molecule has 0 amide bonds. The Hall–Kier alpha value is -0.0900. The van der Waals surface area contributed by atoms with Gasteiger partial charge < -0.3 is 10.4 Å². The number of aliphatic hydroxyl groups is 1. The topological polar surface area (TPSA) is 32.3 Å². The first kappa shape index (κ1) is 9.00. The van der Waals surface area contributed by atoms with Crippen LogP contribution in [0.3, 0.4) is 0 Å². The summed E-state index contributed by atoms with van der Waals surface area (Å²) < 4.78 is 0. The van der Waals surface area contributed by atoms with Crippen molar-refractivity contribution in [2.24, 2.45) is 0 Å². The van der Waals surface area contributed by atoms with Crippen molar-refractivity contribution in [3.05, 3.63) is 21.3 Å². The Bertz CT molecular complexity index is 226. The van der Waals surface area contributed by atoms with E-state index in [9.17, 15) is 5.11 Å². The van der Waals surface area contributed by atoms with Crippen molar-refractivity contribution in [1.29, 1.82) is 0 Å². The molecule has 0 aliphatic heterocycles. The molecule has 1 atom stereocenters. The Morgan fingerprint density at radius 3 is 3.00 bits per heavy atom. The van der Waals surface area contributed by atoms with Gasteiger partial charge in [-0.25, -0.2) is 0 Å². The molecule has 2 N–H and O–H groups in total. The monoisotopic (exact) mass is 191 g/mol. The second kappa shape index (κ2) is 4.07. The maximum atomic E-state index is 9.45. The first-order valence-electron chi connectivity index (χ1n) is 3.31. The summed E-state index contributed by atoms with van der Waals surface area (Å²) in [4.78, 5) is 0.834. The largest absolute Gasteiger partial charge is 0.386 e. The van der Waals surface area contributed by atoms with E-state index < -0.39 is 6.10 Å². The highest BCUT2D eigenvalue weighted by Gasteiger charge is 2.10. The summed E-state index contributed by atoms with van der Waals surface area (Å²) in [6.45, 7) is 0.542. The number of thiophene rings is 1. The highest BCUT2D eigenvalue weighted by molar-refractivity contribution is 7.10. The van der Waals surface area contributed by atoms with Crippen LogP contribution in [0.1, 0.15) is 11.0 Å². The van der Waals surface area contributed by atoms with Gasteiger partial charge in [-0.15, -0.1) is 11.3 Å². The fourth-order valence-electron chi connectivity index (χ4n) is 0.829. The van der Waals surface area contributed by atoms with Crippen molar-refractivity contribution < 1.29 is 5.11 Å². The standard InChI is InChI=1S/C7H10ClNOS/c1-9-4-6(10)7-5(8)2-3-11-7/h2-3,6,9-10H,4H2,1H3. The van der Waals surface area contributed by atoms with E-state index >= 15 is 0 Å². The minimum Gasteiger partial charge on any atom is -0.386 e. The molecule has 0 aliphatic carbocycles. The lowest BCUT2D eigenvalue weighted by Crippen LogP contribution is -2.15. The summed E-state index contributed by atoms with van der Waals surface area (Å²) in [5.74, 6) is 0. The second-order valence-corrected chi connectivity index (χ2v) is 3.56. The zero-order valence-corrected chi connectivity index (χ0v) is 7.75. The van der Waals surface area contributed by atoms with E-state index in [1.54, 1.807) is 13.1 Å². The van der Waals surface area contributed by atoms with Crippen LogP contribution in [0.2, 0.25) is 5.02 Å². The summed E-state index contributed by atoms with van der Waals surface area (Å²) >= 11 is 7.27. The van der Waals surface area contributed by atoms with Crippen molar-refractivity contribution in [2.45, 2.75) is 6.10 Å². The highest BCUT2D eigenvalue weighted by Crippen LogP contribution is 2.27. The molecule has 0 saturated heterocycles. The normalized spacial score (nSPS) is 13.4. The van der Waals surface area contributed by atoms with Crippen molar-refractivity contribution in [3.8, 4) is 0 Å². The molecule has 0 radical (unpaired) electrons. The van der Waals surface area contributed by atoms with Gasteiger partial charge in [-0.05, 0) is 18.5 Å². The third kappa shape index (κ3) is 2.17. The predicted octanol–water partition coefficient (Wildman–Crippen LogP) is 1.65. The third-order valence-electron chi connectivity index (χ3n) is 1.34. The smallest absolute Gasteiger partial charge is 0.102 e. The van der Waals surface area contributed by atoms with Gasteiger partial charge >= 0.3 is 0 Å². The maximum absolute atomic E-state index is 9.45. The molecule has 2 nitrogen and oxygen atoms in total. The number of nitrogens with one attached hydrogen (secondary N) is 1. The van der Waals surface area contributed by atoms with Crippen LogP contribution in [0.25, 0.3) is 0 Å². The van der Waals surface area contributed by atoms with E-state index in [1.807, 2.05) is 5.38 Å². The van der Waals surface area contributed by atoms with Crippen LogP contribution in [0.5, 0.6) is 0 Å². The van der Waals surface area contributed by atoms with Crippen LogP contribution in [0.4, 0.5) is 0 Å². The molecule has 0 aromatic carbocycles. The van der Waals surface area contributed by atoms with Crippen molar-refractivity contribution in [1.82, 2.24) is 5.32 Å². The van der Waals surface area contributed by atoms with Gasteiger partial charge in [0.15, 0.2) is 0 Å². The summed E-state index contributed by atoms with van der Waals surface area (Å²) in [7, 11) is 1.80. The fourth-order valence-corrected chi connectivity index (χ4v) is 2.00. The molecule has 1 heterocycles. The number of likely N-dealkylation sites (N-methyl/N-ethyl adjacent to an activating group) is 1. The third-order valence-corrected chi connectivity index (χ3v) is 2.80. The fraction of sp³-hybridized carbons (Fsp3) is 0.429. The summed E-state index contributed by atoms with van der Waals surface area (Å²) in [6.07, 6.45) is -0.479. The van der Waals surface area contributed by atoms with E-state index in [4.69, 9.17) is 11.6 Å². The van der Waals surface area contributed by atoms with Crippen molar-refractivity contribution >= 4 is 22.9 Å². The average Bonchev–Trinajstić information content (AvgIpc) is 2.36. The Morgan fingerprint density at radius 1 is 1.82 bits per heavy atom. The van der Waals surface area contributed by atoms with Crippen LogP contribution in [-0.2, 0) is 0 Å². The second-order valence-electron chi connectivity index (χ2n) is 2.21. The Morgan fingerprint density at radius 2 is 2.55 bits per heavy atom. The quantitative estimate of drug-likeness (QED) is 0.762. The van der Waals surface area contributed by atoms with Gasteiger partial charge in [-0.2, -0.15) is 0 Å². The number of aliphatic hydroxyl groups excluding tert-OH is 1. The SMILES string of the molecule is CNCC(O)c1sccc1Cl. The van der Waals surface area contributed by atoms with Crippen LogP contribution >= 0.6 is 22.9 Å². The lowest BCUT2D eigenvalue weighted by molar-refractivity contribution is 0.181. The Labute approximate surface area is 74.8 Å². The van der Waals surface area contributed by atoms with Gasteiger partial charge in [-0.3, -0.25) is 0 Å². The molecular weight excluding hydrogens is 182 g/mol. The summed E-state index contributed by atoms with van der Waals surface area (Å²) in [6, 6.07) is 1.79. The average molecular weight is 192 g/mol. The van der Waals surface area contributed by atoms with Crippen molar-refractivity contribution in [3.63, 3.8) is 0 Å². The molecule has 1 rings (SSSR count). The van der Waals surface area contributed by atoms with Crippen LogP contribution in [0.15, 0.2) is 11.4 Å².